The Bertz CT molecular complexity index is 837. The summed E-state index contributed by atoms with van der Waals surface area (Å²) in [4.78, 5) is 16.5. The summed E-state index contributed by atoms with van der Waals surface area (Å²) in [6.07, 6.45) is 1.71. The number of benzene rings is 1. The lowest BCUT2D eigenvalue weighted by atomic mass is 10.2. The monoisotopic (exact) mass is 299 g/mol. The van der Waals surface area contributed by atoms with Crippen molar-refractivity contribution in [1.29, 1.82) is 0 Å². The number of halogens is 1. The van der Waals surface area contributed by atoms with E-state index >= 15 is 0 Å². The highest BCUT2D eigenvalue weighted by atomic mass is 35.5. The van der Waals surface area contributed by atoms with E-state index in [1.165, 1.54) is 10.5 Å². The maximum Gasteiger partial charge on any atom is 0.258 e. The normalized spacial score (nSPS) is 10.8. The molecule has 1 N–H and O–H groups in total. The van der Waals surface area contributed by atoms with Gasteiger partial charge in [0, 0.05) is 12.3 Å². The van der Waals surface area contributed by atoms with Gasteiger partial charge in [-0.25, -0.2) is 4.98 Å². The van der Waals surface area contributed by atoms with Crippen molar-refractivity contribution in [2.75, 3.05) is 5.32 Å². The molecule has 3 aromatic rings. The Kier molecular flexibility index (Phi) is 3.62. The van der Waals surface area contributed by atoms with Crippen LogP contribution in [0.5, 0.6) is 0 Å². The third-order valence-corrected chi connectivity index (χ3v) is 3.61. The molecule has 0 atom stereocenters. The van der Waals surface area contributed by atoms with Crippen LogP contribution < -0.4 is 10.9 Å². The van der Waals surface area contributed by atoms with E-state index in [-0.39, 0.29) is 5.56 Å². The average molecular weight is 300 g/mol. The van der Waals surface area contributed by atoms with Crippen LogP contribution in [0.1, 0.15) is 11.3 Å². The largest absolute Gasteiger partial charge is 0.378 e. The summed E-state index contributed by atoms with van der Waals surface area (Å²) in [5.41, 5.74) is 3.16. The standard InChI is InChI=1S/C16H14ClN3O/c1-11-5-4-6-13(17)16(11)18-10-12-9-15(21)20-8-3-2-7-14(20)19-12/h2-9,18H,10H2,1H3. The number of hydrogen-bond acceptors (Lipinski definition) is 3. The Morgan fingerprint density at radius 3 is 2.90 bits per heavy atom. The van der Waals surface area contributed by atoms with Gasteiger partial charge in [0.25, 0.3) is 5.56 Å². The highest BCUT2D eigenvalue weighted by molar-refractivity contribution is 6.33. The molecule has 0 bridgehead atoms. The molecule has 1 aromatic carbocycles. The van der Waals surface area contributed by atoms with Crippen molar-refractivity contribution < 1.29 is 0 Å². The summed E-state index contributed by atoms with van der Waals surface area (Å²) in [5, 5.41) is 3.91. The molecule has 0 unspecified atom stereocenters. The Balaban J connectivity index is 1.91. The number of hydrogen-bond donors (Lipinski definition) is 1. The van der Waals surface area contributed by atoms with Gasteiger partial charge in [-0.05, 0) is 30.7 Å². The number of pyridine rings is 1. The molecular weight excluding hydrogens is 286 g/mol. The molecule has 0 saturated heterocycles. The van der Waals surface area contributed by atoms with E-state index in [4.69, 9.17) is 11.6 Å². The maximum atomic E-state index is 12.0. The van der Waals surface area contributed by atoms with Gasteiger partial charge < -0.3 is 5.32 Å². The number of para-hydroxylation sites is 1. The fourth-order valence-electron chi connectivity index (χ4n) is 2.23. The minimum atomic E-state index is -0.0896. The lowest BCUT2D eigenvalue weighted by Gasteiger charge is -2.11. The first-order valence-electron chi connectivity index (χ1n) is 6.61. The molecule has 0 radical (unpaired) electrons. The third kappa shape index (κ3) is 2.76. The molecule has 4 nitrogen and oxygen atoms in total. The van der Waals surface area contributed by atoms with E-state index < -0.39 is 0 Å². The van der Waals surface area contributed by atoms with E-state index in [0.717, 1.165) is 11.3 Å². The summed E-state index contributed by atoms with van der Waals surface area (Å²) in [7, 11) is 0. The zero-order valence-corrected chi connectivity index (χ0v) is 12.3. The highest BCUT2D eigenvalue weighted by Gasteiger charge is 2.05. The molecule has 0 saturated carbocycles. The highest BCUT2D eigenvalue weighted by Crippen LogP contribution is 2.25. The van der Waals surface area contributed by atoms with E-state index in [1.54, 1.807) is 12.3 Å². The molecule has 0 amide bonds. The molecule has 2 heterocycles. The molecule has 0 fully saturated rings. The summed E-state index contributed by atoms with van der Waals surface area (Å²) in [6.45, 7) is 2.43. The Hall–Kier alpha value is -2.33. The fourth-order valence-corrected chi connectivity index (χ4v) is 2.52. The van der Waals surface area contributed by atoms with Crippen LogP contribution in [-0.4, -0.2) is 9.38 Å². The van der Waals surface area contributed by atoms with Gasteiger partial charge in [-0.2, -0.15) is 0 Å². The predicted octanol–water partition coefficient (Wildman–Crippen LogP) is 3.27. The quantitative estimate of drug-likeness (QED) is 0.807. The molecular formula is C16H14ClN3O. The molecule has 21 heavy (non-hydrogen) atoms. The number of anilines is 1. The smallest absolute Gasteiger partial charge is 0.258 e. The Labute approximate surface area is 127 Å². The summed E-state index contributed by atoms with van der Waals surface area (Å²) >= 11 is 6.17. The first-order valence-corrected chi connectivity index (χ1v) is 6.99. The Morgan fingerprint density at radius 2 is 2.10 bits per heavy atom. The zero-order chi connectivity index (χ0) is 14.8. The number of rotatable bonds is 3. The summed E-state index contributed by atoms with van der Waals surface area (Å²) in [6, 6.07) is 12.7. The van der Waals surface area contributed by atoms with Crippen molar-refractivity contribution in [2.24, 2.45) is 0 Å². The molecule has 0 aliphatic rings. The van der Waals surface area contributed by atoms with Gasteiger partial charge in [0.05, 0.1) is 22.9 Å². The zero-order valence-electron chi connectivity index (χ0n) is 11.5. The van der Waals surface area contributed by atoms with Crippen LogP contribution >= 0.6 is 11.6 Å². The van der Waals surface area contributed by atoms with Crippen molar-refractivity contribution in [3.05, 3.63) is 75.3 Å². The molecule has 0 spiro atoms. The van der Waals surface area contributed by atoms with Gasteiger partial charge in [-0.1, -0.05) is 29.8 Å². The van der Waals surface area contributed by atoms with Crippen molar-refractivity contribution in [3.63, 3.8) is 0 Å². The van der Waals surface area contributed by atoms with Gasteiger partial charge in [0.2, 0.25) is 0 Å². The van der Waals surface area contributed by atoms with Crippen LogP contribution in [0.3, 0.4) is 0 Å². The lowest BCUT2D eigenvalue weighted by Crippen LogP contribution is -2.16. The number of nitrogens with zero attached hydrogens (tertiary/aromatic N) is 2. The van der Waals surface area contributed by atoms with E-state index in [9.17, 15) is 4.79 Å². The van der Waals surface area contributed by atoms with Crippen LogP contribution in [0.4, 0.5) is 5.69 Å². The van der Waals surface area contributed by atoms with Crippen molar-refractivity contribution in [1.82, 2.24) is 9.38 Å². The second-order valence-corrected chi connectivity index (χ2v) is 5.21. The number of nitrogens with one attached hydrogen (secondary N) is 1. The minimum absolute atomic E-state index is 0.0896. The van der Waals surface area contributed by atoms with Gasteiger partial charge in [0.15, 0.2) is 0 Å². The van der Waals surface area contributed by atoms with Crippen molar-refractivity contribution in [3.8, 4) is 0 Å². The van der Waals surface area contributed by atoms with Crippen LogP contribution in [0, 0.1) is 6.92 Å². The SMILES string of the molecule is Cc1cccc(Cl)c1NCc1cc(=O)n2ccccc2n1. The first-order chi connectivity index (χ1) is 10.1. The third-order valence-electron chi connectivity index (χ3n) is 3.29. The van der Waals surface area contributed by atoms with Crippen LogP contribution in [0.2, 0.25) is 5.02 Å². The maximum absolute atomic E-state index is 12.0. The van der Waals surface area contributed by atoms with Gasteiger partial charge in [-0.15, -0.1) is 0 Å². The first kappa shape index (κ1) is 13.6. The molecule has 0 aliphatic carbocycles. The molecule has 0 aliphatic heterocycles. The van der Waals surface area contributed by atoms with Gasteiger partial charge in [-0.3, -0.25) is 9.20 Å². The molecule has 3 rings (SSSR count). The fraction of sp³-hybridized carbons (Fsp3) is 0.125. The van der Waals surface area contributed by atoms with Gasteiger partial charge >= 0.3 is 0 Å². The van der Waals surface area contributed by atoms with Gasteiger partial charge in [0.1, 0.15) is 5.65 Å². The second-order valence-electron chi connectivity index (χ2n) is 4.80. The van der Waals surface area contributed by atoms with Crippen LogP contribution in [-0.2, 0) is 6.54 Å². The molecule has 106 valence electrons. The predicted molar refractivity (Wildman–Crippen MR) is 85.0 cm³/mol. The van der Waals surface area contributed by atoms with Crippen molar-refractivity contribution in [2.45, 2.75) is 13.5 Å². The van der Waals surface area contributed by atoms with Crippen molar-refractivity contribution >= 4 is 22.9 Å². The number of aryl methyl sites for hydroxylation is 1. The molecule has 5 heteroatoms. The van der Waals surface area contributed by atoms with E-state index in [0.29, 0.717) is 22.9 Å². The second kappa shape index (κ2) is 5.58. The van der Waals surface area contributed by atoms with Crippen LogP contribution in [0.15, 0.2) is 53.5 Å². The minimum Gasteiger partial charge on any atom is -0.378 e. The van der Waals surface area contributed by atoms with Crippen LogP contribution in [0.25, 0.3) is 5.65 Å². The lowest BCUT2D eigenvalue weighted by molar-refractivity contribution is 0.970. The topological polar surface area (TPSA) is 46.4 Å². The van der Waals surface area contributed by atoms with E-state index in [1.807, 2.05) is 37.3 Å². The summed E-state index contributed by atoms with van der Waals surface area (Å²) < 4.78 is 1.52. The summed E-state index contributed by atoms with van der Waals surface area (Å²) in [5.74, 6) is 0. The number of aromatic nitrogens is 2. The Morgan fingerprint density at radius 1 is 1.24 bits per heavy atom. The number of fused-ring (bicyclic) bond motifs is 1. The average Bonchev–Trinajstić information content (AvgIpc) is 2.47. The molecule has 2 aromatic heterocycles. The van der Waals surface area contributed by atoms with E-state index in [2.05, 4.69) is 10.3 Å².